The van der Waals surface area contributed by atoms with E-state index >= 15 is 0 Å². The average Bonchev–Trinajstić information content (AvgIpc) is 3.51. The van der Waals surface area contributed by atoms with Crippen molar-refractivity contribution in [1.82, 2.24) is 5.16 Å². The summed E-state index contributed by atoms with van der Waals surface area (Å²) in [5.41, 5.74) is 1.49. The molecule has 1 atom stereocenters. The third kappa shape index (κ3) is 4.27. The van der Waals surface area contributed by atoms with Crippen molar-refractivity contribution in [2.24, 2.45) is 0 Å². The van der Waals surface area contributed by atoms with E-state index in [4.69, 9.17) is 9.26 Å². The van der Waals surface area contributed by atoms with E-state index in [9.17, 15) is 18.2 Å². The van der Waals surface area contributed by atoms with Crippen LogP contribution in [0.1, 0.15) is 69.0 Å². The van der Waals surface area contributed by atoms with E-state index in [0.29, 0.717) is 22.5 Å². The second-order valence-corrected chi connectivity index (χ2v) is 8.93. The maximum absolute atomic E-state index is 14.3. The normalized spacial score (nSPS) is 14.2. The number of rotatable bonds is 8. The molecule has 0 amide bonds. The van der Waals surface area contributed by atoms with E-state index in [0.717, 1.165) is 12.8 Å². The van der Waals surface area contributed by atoms with Gasteiger partial charge in [-0.05, 0) is 43.4 Å². The number of carbonyl (C=O) groups is 2. The molecule has 1 aliphatic rings. The molecule has 0 N–H and O–H groups in total. The lowest BCUT2D eigenvalue weighted by Crippen LogP contribution is -2.14. The van der Waals surface area contributed by atoms with Gasteiger partial charge in [-0.25, -0.2) is 9.18 Å². The molecule has 32 heavy (non-hydrogen) atoms. The Kier molecular flexibility index (Phi) is 6.32. The Morgan fingerprint density at radius 1 is 1.16 bits per heavy atom. The summed E-state index contributed by atoms with van der Waals surface area (Å²) < 4.78 is 36.9. The number of ether oxygens (including phenoxy) is 1. The minimum absolute atomic E-state index is 0.0501. The van der Waals surface area contributed by atoms with E-state index in [1.54, 1.807) is 43.3 Å². The van der Waals surface area contributed by atoms with Crippen molar-refractivity contribution in [2.75, 3.05) is 12.9 Å². The molecule has 1 fully saturated rings. The molecule has 1 saturated carbocycles. The molecule has 166 valence electrons. The van der Waals surface area contributed by atoms with Crippen molar-refractivity contribution in [2.45, 2.75) is 37.0 Å². The van der Waals surface area contributed by atoms with Gasteiger partial charge < -0.3 is 9.26 Å². The van der Waals surface area contributed by atoms with Gasteiger partial charge in [0.15, 0.2) is 11.5 Å². The summed E-state index contributed by atoms with van der Waals surface area (Å²) in [5, 5.41) is 3.84. The topological polar surface area (TPSA) is 86.5 Å². The number of nitrogens with zero attached hydrogens (tertiary/aromatic N) is 1. The Bertz CT molecular complexity index is 1210. The summed E-state index contributed by atoms with van der Waals surface area (Å²) in [4.78, 5) is 26.2. The van der Waals surface area contributed by atoms with Crippen LogP contribution < -0.4 is 0 Å². The highest BCUT2D eigenvalue weighted by atomic mass is 32.2. The number of halogens is 1. The number of hydrogen-bond donors (Lipinski definition) is 0. The van der Waals surface area contributed by atoms with Crippen LogP contribution in [0.15, 0.2) is 51.9 Å². The largest absolute Gasteiger partial charge is 0.461 e. The smallest absolute Gasteiger partial charge is 0.361 e. The summed E-state index contributed by atoms with van der Waals surface area (Å²) in [7, 11) is -1.53. The quantitative estimate of drug-likeness (QED) is 0.369. The summed E-state index contributed by atoms with van der Waals surface area (Å²) in [5.74, 6) is -1.21. The van der Waals surface area contributed by atoms with Crippen LogP contribution in [0.25, 0.3) is 0 Å². The van der Waals surface area contributed by atoms with Crippen molar-refractivity contribution < 1.29 is 27.4 Å². The van der Waals surface area contributed by atoms with Gasteiger partial charge >= 0.3 is 5.97 Å². The number of benzene rings is 2. The second-order valence-electron chi connectivity index (χ2n) is 7.61. The van der Waals surface area contributed by atoms with Crippen LogP contribution in [-0.2, 0) is 22.0 Å². The average molecular weight is 456 g/mol. The molecule has 4 rings (SSSR count). The Balaban J connectivity index is 1.77. The van der Waals surface area contributed by atoms with Crippen LogP contribution in [0.3, 0.4) is 0 Å². The van der Waals surface area contributed by atoms with Gasteiger partial charge in [0.25, 0.3) is 0 Å². The van der Waals surface area contributed by atoms with Crippen molar-refractivity contribution in [1.29, 1.82) is 0 Å². The SMILES string of the molecule is CCOC(=O)c1noc(C2CC2)c1C(=O)c1ccccc1Cc1cccc(F)c1S(C)=O. The van der Waals surface area contributed by atoms with Crippen LogP contribution in [0, 0.1) is 5.82 Å². The molecule has 1 unspecified atom stereocenters. The molecule has 1 aromatic heterocycles. The molecule has 8 heteroatoms. The third-order valence-electron chi connectivity index (χ3n) is 5.34. The molecular weight excluding hydrogens is 433 g/mol. The van der Waals surface area contributed by atoms with Crippen molar-refractivity contribution in [3.63, 3.8) is 0 Å². The van der Waals surface area contributed by atoms with Gasteiger partial charge in [-0.15, -0.1) is 0 Å². The van der Waals surface area contributed by atoms with Gasteiger partial charge in [-0.2, -0.15) is 0 Å². The zero-order chi connectivity index (χ0) is 22.8. The van der Waals surface area contributed by atoms with E-state index < -0.39 is 28.4 Å². The Labute approximate surface area is 187 Å². The summed E-state index contributed by atoms with van der Waals surface area (Å²) in [6.45, 7) is 1.82. The number of esters is 1. The highest BCUT2D eigenvalue weighted by Crippen LogP contribution is 2.43. The second kappa shape index (κ2) is 9.16. The molecule has 0 radical (unpaired) electrons. The monoisotopic (exact) mass is 455 g/mol. The maximum atomic E-state index is 14.3. The number of hydrogen-bond acceptors (Lipinski definition) is 6. The Morgan fingerprint density at radius 2 is 1.88 bits per heavy atom. The molecule has 0 spiro atoms. The van der Waals surface area contributed by atoms with Gasteiger partial charge in [-0.3, -0.25) is 9.00 Å². The molecule has 0 aliphatic heterocycles. The molecule has 6 nitrogen and oxygen atoms in total. The van der Waals surface area contributed by atoms with Crippen LogP contribution in [0.4, 0.5) is 4.39 Å². The lowest BCUT2D eigenvalue weighted by Gasteiger charge is -2.12. The van der Waals surface area contributed by atoms with Crippen LogP contribution in [0.2, 0.25) is 0 Å². The van der Waals surface area contributed by atoms with E-state index in [-0.39, 0.29) is 35.1 Å². The molecular formula is C24H22FNO5S. The van der Waals surface area contributed by atoms with E-state index in [1.165, 1.54) is 12.3 Å². The predicted octanol–water partition coefficient (Wildman–Crippen LogP) is 4.43. The fourth-order valence-electron chi connectivity index (χ4n) is 3.74. The molecule has 3 aromatic rings. The standard InChI is InChI=1S/C24H22FNO5S/c1-3-30-24(28)20-19(22(31-26-20)14-11-12-14)21(27)17-9-5-4-7-15(17)13-16-8-6-10-18(25)23(16)32(2)29/h4-10,14H,3,11-13H2,1-2H3. The van der Waals surface area contributed by atoms with Gasteiger partial charge in [0.1, 0.15) is 11.4 Å². The first-order valence-corrected chi connectivity index (χ1v) is 11.9. The molecule has 1 heterocycles. The zero-order valence-electron chi connectivity index (χ0n) is 17.7. The van der Waals surface area contributed by atoms with Crippen LogP contribution >= 0.6 is 0 Å². The van der Waals surface area contributed by atoms with Crippen molar-refractivity contribution in [3.8, 4) is 0 Å². The van der Waals surface area contributed by atoms with Gasteiger partial charge in [0, 0.05) is 17.7 Å². The molecule has 0 saturated heterocycles. The first-order valence-electron chi connectivity index (χ1n) is 10.3. The zero-order valence-corrected chi connectivity index (χ0v) is 18.5. The minimum atomic E-state index is -1.53. The van der Waals surface area contributed by atoms with Crippen molar-refractivity contribution in [3.05, 3.63) is 82.0 Å². The summed E-state index contributed by atoms with van der Waals surface area (Å²) in [6, 6.07) is 11.4. The lowest BCUT2D eigenvalue weighted by atomic mass is 9.92. The first-order chi connectivity index (χ1) is 15.4. The van der Waals surface area contributed by atoms with Gasteiger partial charge in [-0.1, -0.05) is 41.6 Å². The third-order valence-corrected chi connectivity index (χ3v) is 6.37. The molecule has 0 bridgehead atoms. The number of aromatic nitrogens is 1. The lowest BCUT2D eigenvalue weighted by molar-refractivity contribution is 0.0512. The Hall–Kier alpha value is -3.13. The maximum Gasteiger partial charge on any atom is 0.361 e. The van der Waals surface area contributed by atoms with Crippen LogP contribution in [-0.4, -0.2) is 34.0 Å². The molecule has 1 aliphatic carbocycles. The highest BCUT2D eigenvalue weighted by molar-refractivity contribution is 7.84. The van der Waals surface area contributed by atoms with Gasteiger partial charge in [0.05, 0.1) is 22.3 Å². The first kappa shape index (κ1) is 22.1. The van der Waals surface area contributed by atoms with Crippen LogP contribution in [0.5, 0.6) is 0 Å². The van der Waals surface area contributed by atoms with E-state index in [1.807, 2.05) is 0 Å². The number of ketones is 1. The van der Waals surface area contributed by atoms with E-state index in [2.05, 4.69) is 5.16 Å². The molecule has 2 aromatic carbocycles. The highest BCUT2D eigenvalue weighted by Gasteiger charge is 2.38. The van der Waals surface area contributed by atoms with Gasteiger partial charge in [0.2, 0.25) is 5.69 Å². The predicted molar refractivity (Wildman–Crippen MR) is 116 cm³/mol. The fraction of sp³-hybridized carbons (Fsp3) is 0.292. The summed E-state index contributed by atoms with van der Waals surface area (Å²) in [6.07, 6.45) is 3.33. The summed E-state index contributed by atoms with van der Waals surface area (Å²) >= 11 is 0. The fourth-order valence-corrected chi connectivity index (χ4v) is 4.59. The number of carbonyl (C=O) groups excluding carboxylic acids is 2. The Morgan fingerprint density at radius 3 is 2.56 bits per heavy atom. The van der Waals surface area contributed by atoms with Crippen molar-refractivity contribution >= 4 is 22.6 Å². The minimum Gasteiger partial charge on any atom is -0.461 e.